The third-order valence-electron chi connectivity index (χ3n) is 4.05. The van der Waals surface area contributed by atoms with E-state index in [1.54, 1.807) is 6.20 Å². The van der Waals surface area contributed by atoms with Crippen molar-refractivity contribution in [3.05, 3.63) is 47.7 Å². The van der Waals surface area contributed by atoms with Gasteiger partial charge in [0, 0.05) is 18.2 Å². The molecule has 2 aromatic rings. The lowest BCUT2D eigenvalue weighted by atomic mass is 9.97. The largest absolute Gasteiger partial charge is 0.324 e. The van der Waals surface area contributed by atoms with E-state index in [1.807, 2.05) is 19.1 Å². The standard InChI is InChI=1S/C18H21N3O.ClH/c1-11-9-14(5-6-16(11)12(2)19)15-7-8-20-17(10-15)21-18(22)13-3-4-13;/h5-10,12-13H,3-4,19H2,1-2H3,(H,20,21,22);1H. The monoisotopic (exact) mass is 331 g/mol. The molecule has 122 valence electrons. The normalized spacial score (nSPS) is 14.7. The molecule has 1 aromatic heterocycles. The lowest BCUT2D eigenvalue weighted by molar-refractivity contribution is -0.117. The van der Waals surface area contributed by atoms with Crippen LogP contribution in [0.25, 0.3) is 11.1 Å². The lowest BCUT2D eigenvalue weighted by Crippen LogP contribution is -2.14. The zero-order chi connectivity index (χ0) is 15.7. The lowest BCUT2D eigenvalue weighted by Gasteiger charge is -2.12. The van der Waals surface area contributed by atoms with Gasteiger partial charge in [-0.2, -0.15) is 0 Å². The van der Waals surface area contributed by atoms with Crippen molar-refractivity contribution in [2.45, 2.75) is 32.7 Å². The van der Waals surface area contributed by atoms with Crippen LogP contribution in [0.4, 0.5) is 5.82 Å². The van der Waals surface area contributed by atoms with Crippen molar-refractivity contribution in [3.63, 3.8) is 0 Å². The second-order valence-corrected chi connectivity index (χ2v) is 6.05. The number of aromatic nitrogens is 1. The number of hydrogen-bond donors (Lipinski definition) is 2. The summed E-state index contributed by atoms with van der Waals surface area (Å²) < 4.78 is 0. The number of halogens is 1. The fourth-order valence-electron chi connectivity index (χ4n) is 2.62. The molecule has 1 unspecified atom stereocenters. The Bertz CT molecular complexity index is 711. The minimum Gasteiger partial charge on any atom is -0.324 e. The molecule has 1 aliphatic rings. The molecule has 1 saturated carbocycles. The summed E-state index contributed by atoms with van der Waals surface area (Å²) in [5, 5.41) is 2.89. The van der Waals surface area contributed by atoms with Gasteiger partial charge in [0.15, 0.2) is 0 Å². The number of rotatable bonds is 4. The summed E-state index contributed by atoms with van der Waals surface area (Å²) in [7, 11) is 0. The molecule has 5 heteroatoms. The Morgan fingerprint density at radius 2 is 1.96 bits per heavy atom. The Hall–Kier alpha value is -1.91. The number of hydrogen-bond acceptors (Lipinski definition) is 3. The van der Waals surface area contributed by atoms with Crippen LogP contribution in [0.2, 0.25) is 0 Å². The zero-order valence-corrected chi connectivity index (χ0v) is 14.2. The average Bonchev–Trinajstić information content (AvgIpc) is 3.31. The smallest absolute Gasteiger partial charge is 0.228 e. The molecule has 0 bridgehead atoms. The van der Waals surface area contributed by atoms with E-state index in [4.69, 9.17) is 5.73 Å². The molecule has 0 saturated heterocycles. The fraction of sp³-hybridized carbons (Fsp3) is 0.333. The topological polar surface area (TPSA) is 68.0 Å². The number of carbonyl (C=O) groups is 1. The van der Waals surface area contributed by atoms with Crippen LogP contribution < -0.4 is 11.1 Å². The summed E-state index contributed by atoms with van der Waals surface area (Å²) >= 11 is 0. The highest BCUT2D eigenvalue weighted by molar-refractivity contribution is 5.93. The Morgan fingerprint density at radius 3 is 2.57 bits per heavy atom. The maximum Gasteiger partial charge on any atom is 0.228 e. The maximum absolute atomic E-state index is 11.8. The number of anilines is 1. The number of nitrogens with zero attached hydrogens (tertiary/aromatic N) is 1. The number of nitrogens with two attached hydrogens (primary N) is 1. The van der Waals surface area contributed by atoms with Crippen molar-refractivity contribution in [3.8, 4) is 11.1 Å². The van der Waals surface area contributed by atoms with Gasteiger partial charge in [-0.1, -0.05) is 18.2 Å². The van der Waals surface area contributed by atoms with Crippen LogP contribution in [0.3, 0.4) is 0 Å². The number of pyridine rings is 1. The summed E-state index contributed by atoms with van der Waals surface area (Å²) in [5.41, 5.74) is 10.4. The van der Waals surface area contributed by atoms with Gasteiger partial charge < -0.3 is 11.1 Å². The van der Waals surface area contributed by atoms with Crippen molar-refractivity contribution in [2.75, 3.05) is 5.32 Å². The summed E-state index contributed by atoms with van der Waals surface area (Å²) in [6, 6.07) is 10.2. The summed E-state index contributed by atoms with van der Waals surface area (Å²) in [5.74, 6) is 0.870. The number of carbonyl (C=O) groups excluding carboxylic acids is 1. The molecule has 1 fully saturated rings. The Balaban J connectivity index is 0.00000192. The van der Waals surface area contributed by atoms with Crippen LogP contribution in [0, 0.1) is 12.8 Å². The first-order valence-electron chi connectivity index (χ1n) is 7.68. The summed E-state index contributed by atoms with van der Waals surface area (Å²) in [4.78, 5) is 16.1. The molecule has 0 aliphatic heterocycles. The van der Waals surface area contributed by atoms with Gasteiger partial charge >= 0.3 is 0 Å². The Kier molecular flexibility index (Phi) is 5.39. The van der Waals surface area contributed by atoms with Crippen molar-refractivity contribution in [1.82, 2.24) is 4.98 Å². The first-order chi connectivity index (χ1) is 10.5. The first kappa shape index (κ1) is 17.4. The van der Waals surface area contributed by atoms with Crippen molar-refractivity contribution < 1.29 is 4.79 Å². The van der Waals surface area contributed by atoms with Crippen LogP contribution in [0.15, 0.2) is 36.5 Å². The third kappa shape index (κ3) is 4.09. The molecule has 0 spiro atoms. The molecule has 1 aliphatic carbocycles. The Labute approximate surface area is 142 Å². The highest BCUT2D eigenvalue weighted by Gasteiger charge is 2.29. The van der Waals surface area contributed by atoms with Gasteiger partial charge in [0.2, 0.25) is 5.91 Å². The molecule has 3 N–H and O–H groups in total. The van der Waals surface area contributed by atoms with Crippen molar-refractivity contribution in [1.29, 1.82) is 0 Å². The maximum atomic E-state index is 11.8. The minimum atomic E-state index is 0. The Morgan fingerprint density at radius 1 is 1.26 bits per heavy atom. The van der Waals surface area contributed by atoms with Gasteiger partial charge in [0.05, 0.1) is 0 Å². The number of amides is 1. The number of benzene rings is 1. The van der Waals surface area contributed by atoms with E-state index in [9.17, 15) is 4.79 Å². The van der Waals surface area contributed by atoms with E-state index in [0.29, 0.717) is 5.82 Å². The predicted molar refractivity (Wildman–Crippen MR) is 95.6 cm³/mol. The second-order valence-electron chi connectivity index (χ2n) is 6.05. The molecule has 1 amide bonds. The van der Waals surface area contributed by atoms with Crippen LogP contribution in [-0.2, 0) is 4.79 Å². The second kappa shape index (κ2) is 7.11. The molecular weight excluding hydrogens is 310 g/mol. The minimum absolute atomic E-state index is 0. The van der Waals surface area contributed by atoms with E-state index in [2.05, 4.69) is 35.4 Å². The molecule has 1 atom stereocenters. The van der Waals surface area contributed by atoms with Gasteiger partial charge in [-0.3, -0.25) is 4.79 Å². The van der Waals surface area contributed by atoms with Gasteiger partial charge in [-0.15, -0.1) is 12.4 Å². The van der Waals surface area contributed by atoms with Crippen LogP contribution in [0.5, 0.6) is 0 Å². The molecule has 23 heavy (non-hydrogen) atoms. The van der Waals surface area contributed by atoms with Crippen LogP contribution >= 0.6 is 12.4 Å². The SMILES string of the molecule is Cc1cc(-c2ccnc(NC(=O)C3CC3)c2)ccc1C(C)N.Cl. The molecule has 1 aromatic carbocycles. The summed E-state index contributed by atoms with van der Waals surface area (Å²) in [6.07, 6.45) is 3.71. The van der Waals surface area contributed by atoms with E-state index >= 15 is 0 Å². The van der Waals surface area contributed by atoms with Gasteiger partial charge in [-0.25, -0.2) is 4.98 Å². The summed E-state index contributed by atoms with van der Waals surface area (Å²) in [6.45, 7) is 4.05. The molecule has 4 nitrogen and oxygen atoms in total. The fourth-order valence-corrected chi connectivity index (χ4v) is 2.62. The van der Waals surface area contributed by atoms with Gasteiger partial charge in [0.25, 0.3) is 0 Å². The zero-order valence-electron chi connectivity index (χ0n) is 13.4. The molecular formula is C18H22ClN3O. The quantitative estimate of drug-likeness (QED) is 0.894. The van der Waals surface area contributed by atoms with E-state index in [0.717, 1.165) is 29.5 Å². The van der Waals surface area contributed by atoms with E-state index in [-0.39, 0.29) is 30.3 Å². The van der Waals surface area contributed by atoms with E-state index < -0.39 is 0 Å². The van der Waals surface area contributed by atoms with Crippen LogP contribution in [-0.4, -0.2) is 10.9 Å². The molecule has 0 radical (unpaired) electrons. The predicted octanol–water partition coefficient (Wildman–Crippen LogP) is 3.85. The number of aryl methyl sites for hydroxylation is 1. The molecule has 3 rings (SSSR count). The highest BCUT2D eigenvalue weighted by Crippen LogP contribution is 2.30. The number of nitrogens with one attached hydrogen (secondary N) is 1. The van der Waals surface area contributed by atoms with Crippen molar-refractivity contribution >= 4 is 24.1 Å². The average molecular weight is 332 g/mol. The van der Waals surface area contributed by atoms with Gasteiger partial charge in [-0.05, 0) is 61.1 Å². The molecule has 1 heterocycles. The van der Waals surface area contributed by atoms with Crippen LogP contribution in [0.1, 0.15) is 36.9 Å². The third-order valence-corrected chi connectivity index (χ3v) is 4.05. The van der Waals surface area contributed by atoms with E-state index in [1.165, 1.54) is 5.56 Å². The van der Waals surface area contributed by atoms with Gasteiger partial charge in [0.1, 0.15) is 5.82 Å². The van der Waals surface area contributed by atoms with Crippen molar-refractivity contribution in [2.24, 2.45) is 11.7 Å². The highest BCUT2D eigenvalue weighted by atomic mass is 35.5. The first-order valence-corrected chi connectivity index (χ1v) is 7.68.